The molecule has 1 fully saturated rings. The SMILES string of the molecule is Cc1cccc(C)c1-c1nc2nc(c1C)OCCN(C1CCC(NC(=O)OC(C)(C)C)CC1)C(=O)c1cccc(c1)S(=O)(=O)N2. The highest BCUT2D eigenvalue weighted by molar-refractivity contribution is 7.92. The molecule has 2 amide bonds. The summed E-state index contributed by atoms with van der Waals surface area (Å²) in [5.74, 6) is -0.162. The second-order valence-corrected chi connectivity index (χ2v) is 14.4. The Bertz CT molecular complexity index is 1690. The number of alkyl carbamates (subject to hydrolysis) is 1. The van der Waals surface area contributed by atoms with E-state index in [0.29, 0.717) is 36.9 Å². The van der Waals surface area contributed by atoms with E-state index in [0.717, 1.165) is 16.7 Å². The van der Waals surface area contributed by atoms with Gasteiger partial charge in [-0.05, 0) is 96.6 Å². The summed E-state index contributed by atoms with van der Waals surface area (Å²) in [5, 5.41) is 2.95. The first-order valence-corrected chi connectivity index (χ1v) is 16.7. The van der Waals surface area contributed by atoms with Crippen molar-refractivity contribution in [2.45, 2.75) is 89.8 Å². The van der Waals surface area contributed by atoms with Crippen LogP contribution in [0.25, 0.3) is 11.3 Å². The number of sulfonamides is 1. The lowest BCUT2D eigenvalue weighted by molar-refractivity contribution is 0.0449. The molecule has 1 aliphatic heterocycles. The molecule has 3 aromatic rings. The molecule has 0 unspecified atom stereocenters. The molecule has 0 spiro atoms. The molecule has 0 atom stereocenters. The van der Waals surface area contributed by atoms with Crippen LogP contribution >= 0.6 is 0 Å². The van der Waals surface area contributed by atoms with Crippen LogP contribution in [0.15, 0.2) is 47.4 Å². The summed E-state index contributed by atoms with van der Waals surface area (Å²) >= 11 is 0. The van der Waals surface area contributed by atoms with Gasteiger partial charge in [0, 0.05) is 28.8 Å². The number of hydrogen-bond acceptors (Lipinski definition) is 8. The number of hydrogen-bond donors (Lipinski definition) is 2. The maximum absolute atomic E-state index is 13.9. The number of carbonyl (C=O) groups is 2. The summed E-state index contributed by atoms with van der Waals surface area (Å²) in [6.07, 6.45) is 2.18. The zero-order valence-corrected chi connectivity index (χ0v) is 27.5. The lowest BCUT2D eigenvalue weighted by Crippen LogP contribution is -2.48. The fourth-order valence-electron chi connectivity index (χ4n) is 5.95. The quantitative estimate of drug-likeness (QED) is 0.383. The standard InChI is InChI=1S/C33H41N5O6S/c1-20-9-7-10-21(2)27(20)28-22(3)29-36-31(35-28)37-45(41,42)26-12-8-11-23(19-26)30(39)38(17-18-43-29)25-15-13-24(14-16-25)34-32(40)44-33(4,5)6/h7-12,19,24-25H,13-18H2,1-6H3,(H,34,40)(H,35,36,37). The number of aromatic nitrogens is 2. The molecule has 1 saturated carbocycles. The van der Waals surface area contributed by atoms with Crippen molar-refractivity contribution in [1.29, 1.82) is 0 Å². The van der Waals surface area contributed by atoms with Crippen LogP contribution in [0.5, 0.6) is 5.88 Å². The Labute approximate surface area is 264 Å². The summed E-state index contributed by atoms with van der Waals surface area (Å²) in [6, 6.07) is 11.7. The highest BCUT2D eigenvalue weighted by Gasteiger charge is 2.32. The number of amides is 2. The van der Waals surface area contributed by atoms with Gasteiger partial charge in [0.15, 0.2) is 0 Å². The number of anilines is 1. The summed E-state index contributed by atoms with van der Waals surface area (Å²) in [4.78, 5) is 37.0. The number of benzene rings is 2. The topological polar surface area (TPSA) is 140 Å². The van der Waals surface area contributed by atoms with E-state index < -0.39 is 21.7 Å². The number of ether oxygens (including phenoxy) is 2. The zero-order valence-electron chi connectivity index (χ0n) is 26.6. The van der Waals surface area contributed by atoms with Crippen LogP contribution in [0.2, 0.25) is 0 Å². The van der Waals surface area contributed by atoms with Crippen LogP contribution in [0.1, 0.15) is 73.5 Å². The predicted octanol–water partition coefficient (Wildman–Crippen LogP) is 5.54. The average Bonchev–Trinajstić information content (AvgIpc) is 2.96. The van der Waals surface area contributed by atoms with Crippen LogP contribution in [0.3, 0.4) is 0 Å². The number of nitrogens with zero attached hydrogens (tertiary/aromatic N) is 3. The molecule has 5 rings (SSSR count). The van der Waals surface area contributed by atoms with E-state index >= 15 is 0 Å². The molecule has 45 heavy (non-hydrogen) atoms. The number of rotatable bonds is 3. The van der Waals surface area contributed by atoms with Crippen molar-refractivity contribution in [3.63, 3.8) is 0 Å². The normalized spacial score (nSPS) is 20.0. The minimum absolute atomic E-state index is 0.0663. The Hall–Kier alpha value is -4.19. The van der Waals surface area contributed by atoms with E-state index in [1.54, 1.807) is 17.0 Å². The van der Waals surface area contributed by atoms with Gasteiger partial charge in [0.05, 0.1) is 17.1 Å². The van der Waals surface area contributed by atoms with Crippen molar-refractivity contribution >= 4 is 28.0 Å². The van der Waals surface area contributed by atoms with Crippen molar-refractivity contribution in [3.05, 3.63) is 64.7 Å². The predicted molar refractivity (Wildman–Crippen MR) is 171 cm³/mol. The molecule has 240 valence electrons. The molecule has 12 heteroatoms. The third kappa shape index (κ3) is 7.38. The minimum Gasteiger partial charge on any atom is -0.475 e. The first-order chi connectivity index (χ1) is 21.2. The fraction of sp³-hybridized carbons (Fsp3) is 0.455. The van der Waals surface area contributed by atoms with Gasteiger partial charge in [-0.2, -0.15) is 4.98 Å². The van der Waals surface area contributed by atoms with Gasteiger partial charge in [0.1, 0.15) is 12.2 Å². The lowest BCUT2D eigenvalue weighted by atomic mass is 9.90. The van der Waals surface area contributed by atoms with Crippen molar-refractivity contribution in [1.82, 2.24) is 20.2 Å². The molecule has 2 aliphatic rings. The second kappa shape index (κ2) is 12.7. The number of fused-ring (bicyclic) bond motifs is 4. The second-order valence-electron chi connectivity index (χ2n) is 12.7. The molecule has 1 aliphatic carbocycles. The van der Waals surface area contributed by atoms with Crippen molar-refractivity contribution in [2.24, 2.45) is 0 Å². The summed E-state index contributed by atoms with van der Waals surface area (Å²) in [5.41, 5.74) is 3.74. The van der Waals surface area contributed by atoms with Gasteiger partial charge in [-0.1, -0.05) is 24.3 Å². The molecule has 2 N–H and O–H groups in total. The van der Waals surface area contributed by atoms with Gasteiger partial charge < -0.3 is 19.7 Å². The van der Waals surface area contributed by atoms with E-state index in [-0.39, 0.29) is 53.4 Å². The monoisotopic (exact) mass is 635 g/mol. The number of nitrogens with one attached hydrogen (secondary N) is 2. The fourth-order valence-corrected chi connectivity index (χ4v) is 6.94. The van der Waals surface area contributed by atoms with Crippen molar-refractivity contribution in [2.75, 3.05) is 17.9 Å². The maximum Gasteiger partial charge on any atom is 0.407 e. The summed E-state index contributed by atoms with van der Waals surface area (Å²) in [6.45, 7) is 11.7. The van der Waals surface area contributed by atoms with Crippen LogP contribution in [-0.4, -0.2) is 66.1 Å². The van der Waals surface area contributed by atoms with E-state index in [1.807, 2.05) is 59.7 Å². The van der Waals surface area contributed by atoms with E-state index in [2.05, 4.69) is 20.0 Å². The number of carbonyl (C=O) groups excluding carboxylic acids is 2. The highest BCUT2D eigenvalue weighted by atomic mass is 32.2. The third-order valence-corrected chi connectivity index (χ3v) is 9.45. The van der Waals surface area contributed by atoms with Crippen LogP contribution in [0, 0.1) is 20.8 Å². The lowest BCUT2D eigenvalue weighted by Gasteiger charge is -2.37. The molecule has 0 radical (unpaired) electrons. The summed E-state index contributed by atoms with van der Waals surface area (Å²) in [7, 11) is -4.14. The average molecular weight is 636 g/mol. The van der Waals surface area contributed by atoms with Gasteiger partial charge in [-0.15, -0.1) is 0 Å². The molecule has 4 bridgehead atoms. The van der Waals surface area contributed by atoms with Crippen LogP contribution in [0.4, 0.5) is 10.7 Å². The largest absolute Gasteiger partial charge is 0.475 e. The van der Waals surface area contributed by atoms with Gasteiger partial charge in [-0.25, -0.2) is 22.9 Å². The van der Waals surface area contributed by atoms with Crippen molar-refractivity contribution in [3.8, 4) is 17.1 Å². The van der Waals surface area contributed by atoms with Crippen molar-refractivity contribution < 1.29 is 27.5 Å². The van der Waals surface area contributed by atoms with Crippen LogP contribution in [-0.2, 0) is 14.8 Å². The molecule has 0 saturated heterocycles. The van der Waals surface area contributed by atoms with Gasteiger partial charge in [-0.3, -0.25) is 4.79 Å². The van der Waals surface area contributed by atoms with Gasteiger partial charge in [0.2, 0.25) is 11.8 Å². The first-order valence-electron chi connectivity index (χ1n) is 15.2. The van der Waals surface area contributed by atoms with Gasteiger partial charge in [0.25, 0.3) is 15.9 Å². The molecule has 2 aromatic carbocycles. The smallest absolute Gasteiger partial charge is 0.407 e. The Morgan fingerprint density at radius 1 is 1.02 bits per heavy atom. The maximum atomic E-state index is 13.9. The van der Waals surface area contributed by atoms with Crippen LogP contribution < -0.4 is 14.8 Å². The van der Waals surface area contributed by atoms with Gasteiger partial charge >= 0.3 is 6.09 Å². The Kier molecular flexibility index (Phi) is 9.06. The third-order valence-electron chi connectivity index (χ3n) is 8.13. The Morgan fingerprint density at radius 3 is 2.36 bits per heavy atom. The van der Waals surface area contributed by atoms with E-state index in [9.17, 15) is 18.0 Å². The molecule has 11 nitrogen and oxygen atoms in total. The molecular weight excluding hydrogens is 594 g/mol. The highest BCUT2D eigenvalue weighted by Crippen LogP contribution is 2.34. The Balaban J connectivity index is 1.46. The Morgan fingerprint density at radius 2 is 1.69 bits per heavy atom. The zero-order chi connectivity index (χ0) is 32.5. The molecule has 1 aromatic heterocycles. The van der Waals surface area contributed by atoms with E-state index in [4.69, 9.17) is 9.47 Å². The summed E-state index contributed by atoms with van der Waals surface area (Å²) < 4.78 is 41.2. The molecule has 2 heterocycles. The first kappa shape index (κ1) is 32.2. The minimum atomic E-state index is -4.14. The van der Waals surface area contributed by atoms with E-state index in [1.165, 1.54) is 12.1 Å². The molecular formula is C33H41N5O6S. The number of aryl methyl sites for hydroxylation is 2.